The van der Waals surface area contributed by atoms with Crippen molar-refractivity contribution in [2.24, 2.45) is 5.41 Å². The van der Waals surface area contributed by atoms with Crippen LogP contribution in [0.15, 0.2) is 0 Å². The first-order valence-corrected chi connectivity index (χ1v) is 6.43. The van der Waals surface area contributed by atoms with Crippen molar-refractivity contribution in [1.82, 2.24) is 0 Å². The van der Waals surface area contributed by atoms with E-state index in [2.05, 4.69) is 4.74 Å². The fourth-order valence-corrected chi connectivity index (χ4v) is 1.18. The summed E-state index contributed by atoms with van der Waals surface area (Å²) in [6.45, 7) is 7.59. The quantitative estimate of drug-likeness (QED) is 0.658. The summed E-state index contributed by atoms with van der Waals surface area (Å²) >= 11 is 0. The molecule has 114 valence electrons. The molecule has 0 radical (unpaired) electrons. The molecular weight excluding hydrogens is 264 g/mol. The van der Waals surface area contributed by atoms with E-state index in [0.717, 1.165) is 0 Å². The lowest BCUT2D eigenvalue weighted by Gasteiger charge is -2.16. The summed E-state index contributed by atoms with van der Waals surface area (Å²) in [7, 11) is 0. The average Bonchev–Trinajstić information content (AvgIpc) is 2.31. The molecule has 0 N–H and O–H groups in total. The van der Waals surface area contributed by atoms with Gasteiger partial charge in [0, 0.05) is 11.8 Å². The normalized spacial score (nSPS) is 12.4. The van der Waals surface area contributed by atoms with Crippen LogP contribution in [-0.2, 0) is 28.7 Å². The van der Waals surface area contributed by atoms with Gasteiger partial charge >= 0.3 is 11.9 Å². The van der Waals surface area contributed by atoms with Gasteiger partial charge in [-0.2, -0.15) is 0 Å². The second-order valence-electron chi connectivity index (χ2n) is 5.61. The highest BCUT2D eigenvalue weighted by Gasteiger charge is 2.24. The lowest BCUT2D eigenvalue weighted by Crippen LogP contribution is -2.28. The van der Waals surface area contributed by atoms with Crippen molar-refractivity contribution in [3.63, 3.8) is 0 Å². The number of hydrogen-bond donors (Lipinski definition) is 0. The number of ether oxygens (including phenoxy) is 2. The largest absolute Gasteiger partial charge is 0.455 e. The highest BCUT2D eigenvalue weighted by Crippen LogP contribution is 2.17. The molecule has 0 amide bonds. The zero-order valence-corrected chi connectivity index (χ0v) is 12.6. The van der Waals surface area contributed by atoms with Crippen LogP contribution in [0.1, 0.15) is 47.5 Å². The molecule has 0 saturated carbocycles. The Morgan fingerprint density at radius 3 is 2.05 bits per heavy atom. The summed E-state index contributed by atoms with van der Waals surface area (Å²) in [4.78, 5) is 45.1. The minimum Gasteiger partial charge on any atom is -0.455 e. The predicted octanol–water partition coefficient (Wildman–Crippen LogP) is 1.45. The Hall–Kier alpha value is -1.72. The zero-order chi connectivity index (χ0) is 15.9. The predicted molar refractivity (Wildman–Crippen MR) is 70.9 cm³/mol. The van der Waals surface area contributed by atoms with E-state index < -0.39 is 23.5 Å². The third-order valence-corrected chi connectivity index (χ3v) is 2.45. The summed E-state index contributed by atoms with van der Waals surface area (Å²) < 4.78 is 9.44. The first-order chi connectivity index (χ1) is 9.04. The van der Waals surface area contributed by atoms with Crippen LogP contribution in [0.5, 0.6) is 0 Å². The maximum atomic E-state index is 11.6. The molecule has 0 aliphatic rings. The molecule has 0 aromatic carbocycles. The number of hydrogen-bond acceptors (Lipinski definition) is 6. The van der Waals surface area contributed by atoms with E-state index in [-0.39, 0.29) is 31.0 Å². The Labute approximate surface area is 118 Å². The Balaban J connectivity index is 4.11. The molecule has 6 heteroatoms. The molecule has 20 heavy (non-hydrogen) atoms. The molecule has 0 fully saturated rings. The summed E-state index contributed by atoms with van der Waals surface area (Å²) in [5.74, 6) is -1.78. The number of ketones is 2. The van der Waals surface area contributed by atoms with Crippen molar-refractivity contribution in [3.05, 3.63) is 0 Å². The molecule has 0 spiro atoms. The monoisotopic (exact) mass is 286 g/mol. The zero-order valence-electron chi connectivity index (χ0n) is 12.6. The lowest BCUT2D eigenvalue weighted by atomic mass is 9.88. The van der Waals surface area contributed by atoms with Crippen LogP contribution in [0.4, 0.5) is 0 Å². The third-order valence-electron chi connectivity index (χ3n) is 2.45. The van der Waals surface area contributed by atoms with E-state index in [4.69, 9.17) is 4.74 Å². The SMILES string of the molecule is CC(=O)COC(=O)C(C)OC(=O)CCC(=O)C(C)(C)C. The first kappa shape index (κ1) is 18.3. The Morgan fingerprint density at radius 2 is 1.60 bits per heavy atom. The summed E-state index contributed by atoms with van der Waals surface area (Å²) in [6.07, 6.45) is -1.11. The number of Topliss-reactive ketones (excluding diaryl/α,β-unsaturated/α-hetero) is 2. The van der Waals surface area contributed by atoms with Crippen LogP contribution in [0.25, 0.3) is 0 Å². The van der Waals surface area contributed by atoms with Gasteiger partial charge in [0.05, 0.1) is 6.42 Å². The van der Waals surface area contributed by atoms with Crippen LogP contribution >= 0.6 is 0 Å². The fourth-order valence-electron chi connectivity index (χ4n) is 1.18. The molecule has 1 atom stereocenters. The highest BCUT2D eigenvalue weighted by atomic mass is 16.6. The molecule has 0 bridgehead atoms. The Morgan fingerprint density at radius 1 is 1.05 bits per heavy atom. The summed E-state index contributed by atoms with van der Waals surface area (Å²) in [5, 5.41) is 0. The van der Waals surface area contributed by atoms with Gasteiger partial charge in [-0.15, -0.1) is 0 Å². The molecule has 0 aliphatic carbocycles. The van der Waals surface area contributed by atoms with E-state index in [1.165, 1.54) is 13.8 Å². The third kappa shape index (κ3) is 7.66. The van der Waals surface area contributed by atoms with Crippen molar-refractivity contribution < 1.29 is 28.7 Å². The Kier molecular flexibility index (Phi) is 7.10. The van der Waals surface area contributed by atoms with E-state index in [1.807, 2.05) is 0 Å². The molecule has 0 aliphatic heterocycles. The standard InChI is InChI=1S/C14H22O6/c1-9(15)8-19-13(18)10(2)20-12(17)7-6-11(16)14(3,4)5/h10H,6-8H2,1-5H3. The maximum Gasteiger partial charge on any atom is 0.347 e. The van der Waals surface area contributed by atoms with Crippen molar-refractivity contribution in [2.75, 3.05) is 6.61 Å². The number of carbonyl (C=O) groups excluding carboxylic acids is 4. The highest BCUT2D eigenvalue weighted by molar-refractivity contribution is 5.87. The maximum absolute atomic E-state index is 11.6. The van der Waals surface area contributed by atoms with Gasteiger partial charge in [0.15, 0.2) is 11.9 Å². The van der Waals surface area contributed by atoms with E-state index in [1.54, 1.807) is 20.8 Å². The van der Waals surface area contributed by atoms with Crippen LogP contribution in [0.3, 0.4) is 0 Å². The van der Waals surface area contributed by atoms with Crippen LogP contribution in [-0.4, -0.2) is 36.2 Å². The van der Waals surface area contributed by atoms with E-state index in [9.17, 15) is 19.2 Å². The summed E-state index contributed by atoms with van der Waals surface area (Å²) in [5.41, 5.74) is -0.508. The van der Waals surface area contributed by atoms with Gasteiger partial charge in [0.25, 0.3) is 0 Å². The van der Waals surface area contributed by atoms with Gasteiger partial charge < -0.3 is 9.47 Å². The Bertz CT molecular complexity index is 391. The average molecular weight is 286 g/mol. The van der Waals surface area contributed by atoms with Gasteiger partial charge in [-0.3, -0.25) is 14.4 Å². The van der Waals surface area contributed by atoms with Crippen molar-refractivity contribution >= 4 is 23.5 Å². The first-order valence-electron chi connectivity index (χ1n) is 6.43. The molecule has 0 heterocycles. The molecule has 0 aromatic heterocycles. The summed E-state index contributed by atoms with van der Waals surface area (Å²) in [6, 6.07) is 0. The lowest BCUT2D eigenvalue weighted by molar-refractivity contribution is -0.167. The fraction of sp³-hybridized carbons (Fsp3) is 0.714. The molecule has 1 unspecified atom stereocenters. The van der Waals surface area contributed by atoms with Crippen LogP contribution in [0.2, 0.25) is 0 Å². The van der Waals surface area contributed by atoms with Gasteiger partial charge in [-0.05, 0) is 13.8 Å². The van der Waals surface area contributed by atoms with Gasteiger partial charge in [-0.25, -0.2) is 4.79 Å². The topological polar surface area (TPSA) is 86.7 Å². The molecule has 0 rings (SSSR count). The minimum atomic E-state index is -1.09. The van der Waals surface area contributed by atoms with Gasteiger partial charge in [0.1, 0.15) is 12.4 Å². The molecule has 0 aromatic rings. The van der Waals surface area contributed by atoms with Crippen LogP contribution in [0, 0.1) is 5.41 Å². The second kappa shape index (κ2) is 7.77. The number of esters is 2. The van der Waals surface area contributed by atoms with Gasteiger partial charge in [-0.1, -0.05) is 20.8 Å². The van der Waals surface area contributed by atoms with E-state index in [0.29, 0.717) is 0 Å². The minimum absolute atomic E-state index is 0.0544. The smallest absolute Gasteiger partial charge is 0.347 e. The van der Waals surface area contributed by atoms with Crippen molar-refractivity contribution in [3.8, 4) is 0 Å². The van der Waals surface area contributed by atoms with Crippen LogP contribution < -0.4 is 0 Å². The van der Waals surface area contributed by atoms with E-state index >= 15 is 0 Å². The van der Waals surface area contributed by atoms with Gasteiger partial charge in [0.2, 0.25) is 0 Å². The number of carbonyl (C=O) groups is 4. The molecular formula is C14H22O6. The number of rotatable bonds is 7. The van der Waals surface area contributed by atoms with Crippen molar-refractivity contribution in [2.45, 2.75) is 53.6 Å². The molecule has 6 nitrogen and oxygen atoms in total. The molecule has 0 saturated heterocycles. The van der Waals surface area contributed by atoms with Crippen molar-refractivity contribution in [1.29, 1.82) is 0 Å². The second-order valence-corrected chi connectivity index (χ2v) is 5.61.